The highest BCUT2D eigenvalue weighted by atomic mass is 35.5. The molecule has 0 spiro atoms. The first kappa shape index (κ1) is 23.3. The van der Waals surface area contributed by atoms with Crippen LogP contribution in [0.15, 0.2) is 36.5 Å². The molecule has 0 fully saturated rings. The maximum Gasteiger partial charge on any atom is 0.341 e. The largest absolute Gasteiger partial charge is 0.471 e. The van der Waals surface area contributed by atoms with Crippen LogP contribution in [0.2, 0.25) is 5.02 Å². The first-order chi connectivity index (χ1) is 15.3. The van der Waals surface area contributed by atoms with Crippen molar-refractivity contribution in [1.82, 2.24) is 9.78 Å². The summed E-state index contributed by atoms with van der Waals surface area (Å²) in [7, 11) is 0. The second-order valence-corrected chi connectivity index (χ2v) is 8.14. The number of thiophene rings is 1. The molecule has 32 heavy (non-hydrogen) atoms. The van der Waals surface area contributed by atoms with E-state index in [1.807, 2.05) is 6.92 Å². The minimum Gasteiger partial charge on any atom is -0.471 e. The number of hydrogen-bond donors (Lipinski definition) is 2. The number of anilines is 1. The Bertz CT molecular complexity index is 1160. The van der Waals surface area contributed by atoms with Gasteiger partial charge in [-0.15, -0.1) is 11.3 Å². The van der Waals surface area contributed by atoms with Crippen LogP contribution in [0.25, 0.3) is 0 Å². The maximum atomic E-state index is 12.7. The number of esters is 1. The minimum absolute atomic E-state index is 0.0617. The van der Waals surface area contributed by atoms with E-state index < -0.39 is 17.8 Å². The third kappa shape index (κ3) is 5.45. The number of ether oxygens (including phenoxy) is 2. The molecule has 3 N–H and O–H groups in total. The molecule has 0 bridgehead atoms. The molecule has 3 rings (SSSR count). The smallest absolute Gasteiger partial charge is 0.341 e. The number of hydrogen-bond acceptors (Lipinski definition) is 7. The highest BCUT2D eigenvalue weighted by molar-refractivity contribution is 7.18. The Balaban J connectivity index is 1.74. The summed E-state index contributed by atoms with van der Waals surface area (Å²) in [5, 5.41) is 7.52. The Morgan fingerprint density at radius 1 is 1.28 bits per heavy atom. The Morgan fingerprint density at radius 2 is 2.06 bits per heavy atom. The van der Waals surface area contributed by atoms with E-state index in [9.17, 15) is 14.4 Å². The first-order valence-corrected chi connectivity index (χ1v) is 10.8. The Labute approximate surface area is 193 Å². The van der Waals surface area contributed by atoms with E-state index in [1.165, 1.54) is 10.7 Å². The van der Waals surface area contributed by atoms with Gasteiger partial charge in [-0.3, -0.25) is 9.59 Å². The number of benzene rings is 1. The van der Waals surface area contributed by atoms with Gasteiger partial charge in [0.25, 0.3) is 11.8 Å². The van der Waals surface area contributed by atoms with Crippen molar-refractivity contribution in [3.8, 4) is 5.75 Å². The van der Waals surface area contributed by atoms with Crippen molar-refractivity contribution in [3.05, 3.63) is 63.2 Å². The number of primary amides is 1. The number of carbonyl (C=O) groups is 3. The lowest BCUT2D eigenvalue weighted by atomic mass is 10.1. The van der Waals surface area contributed by atoms with Crippen LogP contribution >= 0.6 is 22.9 Å². The van der Waals surface area contributed by atoms with Crippen LogP contribution in [0.5, 0.6) is 5.75 Å². The summed E-state index contributed by atoms with van der Waals surface area (Å²) in [5.41, 5.74) is 5.96. The Kier molecular flexibility index (Phi) is 7.49. The summed E-state index contributed by atoms with van der Waals surface area (Å²) in [6, 6.07) is 8.39. The van der Waals surface area contributed by atoms with E-state index in [1.54, 1.807) is 37.4 Å². The fourth-order valence-corrected chi connectivity index (χ4v) is 3.99. The van der Waals surface area contributed by atoms with E-state index >= 15 is 0 Å². The summed E-state index contributed by atoms with van der Waals surface area (Å²) in [5.74, 6) is -1.33. The molecule has 2 heterocycles. The van der Waals surface area contributed by atoms with Crippen LogP contribution in [-0.4, -0.2) is 34.2 Å². The number of rotatable bonds is 9. The summed E-state index contributed by atoms with van der Waals surface area (Å²) in [6.45, 7) is 3.71. The highest BCUT2D eigenvalue weighted by Crippen LogP contribution is 2.33. The molecule has 168 valence electrons. The van der Waals surface area contributed by atoms with Gasteiger partial charge in [0.1, 0.15) is 10.8 Å². The number of amides is 2. The molecule has 0 aliphatic heterocycles. The van der Waals surface area contributed by atoms with Crippen molar-refractivity contribution in [3.63, 3.8) is 0 Å². The zero-order valence-corrected chi connectivity index (χ0v) is 19.0. The van der Waals surface area contributed by atoms with Gasteiger partial charge in [-0.2, -0.15) is 5.10 Å². The van der Waals surface area contributed by atoms with Gasteiger partial charge in [0.15, 0.2) is 12.4 Å². The molecule has 2 aromatic heterocycles. The van der Waals surface area contributed by atoms with E-state index in [0.717, 1.165) is 11.3 Å². The predicted octanol–water partition coefficient (Wildman–Crippen LogP) is 3.86. The molecule has 0 aliphatic carbocycles. The number of aromatic nitrogens is 2. The van der Waals surface area contributed by atoms with Crippen molar-refractivity contribution in [1.29, 1.82) is 0 Å². The molecule has 11 heteroatoms. The quantitative estimate of drug-likeness (QED) is 0.451. The Morgan fingerprint density at radius 3 is 2.75 bits per heavy atom. The molecule has 0 aliphatic rings. The third-order valence-electron chi connectivity index (χ3n) is 4.27. The lowest BCUT2D eigenvalue weighted by molar-refractivity contribution is 0.0506. The van der Waals surface area contributed by atoms with Gasteiger partial charge < -0.3 is 20.5 Å². The van der Waals surface area contributed by atoms with Crippen molar-refractivity contribution in [2.75, 3.05) is 11.9 Å². The SMILES string of the molecule is CCCOC(=O)c1c(NC(=O)c2ccn(COc3cccc(Cl)c3)n2)sc(C(N)=O)c1C. The lowest BCUT2D eigenvalue weighted by Gasteiger charge is -2.07. The molecular weight excluding hydrogens is 456 g/mol. The fourth-order valence-electron chi connectivity index (χ4n) is 2.77. The number of nitrogens with one attached hydrogen (secondary N) is 1. The van der Waals surface area contributed by atoms with Gasteiger partial charge in [0.05, 0.1) is 17.0 Å². The number of nitrogens with two attached hydrogens (primary N) is 1. The molecule has 9 nitrogen and oxygen atoms in total. The van der Waals surface area contributed by atoms with Crippen LogP contribution in [0.3, 0.4) is 0 Å². The van der Waals surface area contributed by atoms with Gasteiger partial charge in [0.2, 0.25) is 0 Å². The van der Waals surface area contributed by atoms with Gasteiger partial charge in [-0.25, -0.2) is 9.48 Å². The average molecular weight is 477 g/mol. The molecule has 1 aromatic carbocycles. The first-order valence-electron chi connectivity index (χ1n) is 9.63. The average Bonchev–Trinajstić information content (AvgIpc) is 3.35. The van der Waals surface area contributed by atoms with Crippen LogP contribution in [-0.2, 0) is 11.5 Å². The van der Waals surface area contributed by atoms with E-state index in [-0.39, 0.29) is 34.5 Å². The molecule has 0 radical (unpaired) electrons. The molecule has 3 aromatic rings. The van der Waals surface area contributed by atoms with Crippen molar-refractivity contribution in [2.24, 2.45) is 5.73 Å². The molecular formula is C21H21ClN4O5S. The Hall–Kier alpha value is -3.37. The van der Waals surface area contributed by atoms with Gasteiger partial charge in [-0.05, 0) is 43.2 Å². The van der Waals surface area contributed by atoms with E-state index in [2.05, 4.69) is 10.4 Å². The van der Waals surface area contributed by atoms with Crippen molar-refractivity contribution >= 4 is 45.7 Å². The molecule has 0 atom stereocenters. The van der Waals surface area contributed by atoms with Crippen LogP contribution in [0.1, 0.15) is 49.4 Å². The minimum atomic E-state index is -0.694. The molecule has 0 saturated carbocycles. The zero-order chi connectivity index (χ0) is 23.3. The third-order valence-corrected chi connectivity index (χ3v) is 5.73. The van der Waals surface area contributed by atoms with Crippen LogP contribution in [0, 0.1) is 6.92 Å². The fraction of sp³-hybridized carbons (Fsp3) is 0.238. The molecule has 2 amide bonds. The second-order valence-electron chi connectivity index (χ2n) is 6.69. The van der Waals surface area contributed by atoms with Gasteiger partial charge in [0, 0.05) is 11.2 Å². The van der Waals surface area contributed by atoms with E-state index in [4.69, 9.17) is 26.8 Å². The zero-order valence-electron chi connectivity index (χ0n) is 17.4. The van der Waals surface area contributed by atoms with E-state index in [0.29, 0.717) is 22.8 Å². The van der Waals surface area contributed by atoms with Crippen molar-refractivity contribution < 1.29 is 23.9 Å². The summed E-state index contributed by atoms with van der Waals surface area (Å²) in [6.07, 6.45) is 2.21. The summed E-state index contributed by atoms with van der Waals surface area (Å²) in [4.78, 5) is 37.1. The number of carbonyl (C=O) groups excluding carboxylic acids is 3. The highest BCUT2D eigenvalue weighted by Gasteiger charge is 2.26. The monoisotopic (exact) mass is 476 g/mol. The normalized spacial score (nSPS) is 10.6. The predicted molar refractivity (Wildman–Crippen MR) is 120 cm³/mol. The maximum absolute atomic E-state index is 12.7. The summed E-state index contributed by atoms with van der Waals surface area (Å²) >= 11 is 6.84. The van der Waals surface area contributed by atoms with Crippen molar-refractivity contribution in [2.45, 2.75) is 27.0 Å². The molecule has 0 saturated heterocycles. The summed E-state index contributed by atoms with van der Waals surface area (Å²) < 4.78 is 12.2. The van der Waals surface area contributed by atoms with Crippen LogP contribution in [0.4, 0.5) is 5.00 Å². The second kappa shape index (κ2) is 10.3. The van der Waals surface area contributed by atoms with Gasteiger partial charge >= 0.3 is 5.97 Å². The van der Waals surface area contributed by atoms with Crippen LogP contribution < -0.4 is 15.8 Å². The number of nitrogens with zero attached hydrogens (tertiary/aromatic N) is 2. The van der Waals surface area contributed by atoms with Gasteiger partial charge in [-0.1, -0.05) is 24.6 Å². The topological polar surface area (TPSA) is 126 Å². The number of halogens is 1. The lowest BCUT2D eigenvalue weighted by Crippen LogP contribution is -2.16. The standard InChI is InChI=1S/C21H21ClN4O5S/c1-3-9-30-21(29)16-12(2)17(18(23)27)32-20(16)24-19(28)15-7-8-26(25-15)11-31-14-6-4-5-13(22)10-14/h4-8,10H,3,9,11H2,1-2H3,(H2,23,27)(H,24,28). The molecule has 0 unspecified atom stereocenters.